The minimum absolute atomic E-state index is 0.0169. The van der Waals surface area contributed by atoms with Crippen LogP contribution in [0.2, 0.25) is 0 Å². The molecule has 7 heteroatoms. The molecule has 0 fully saturated rings. The number of rotatable bonds is 5. The molecule has 2 aromatic rings. The van der Waals surface area contributed by atoms with Crippen molar-refractivity contribution in [3.63, 3.8) is 0 Å². The Kier molecular flexibility index (Phi) is 4.32. The van der Waals surface area contributed by atoms with Gasteiger partial charge in [0.2, 0.25) is 12.2 Å². The summed E-state index contributed by atoms with van der Waals surface area (Å²) in [6, 6.07) is 7.61. The first-order valence-corrected chi connectivity index (χ1v) is 6.55. The zero-order valence-electron chi connectivity index (χ0n) is 11.9. The number of aryl methyl sites for hydroxylation is 1. The van der Waals surface area contributed by atoms with Crippen molar-refractivity contribution in [1.29, 1.82) is 0 Å². The molecule has 1 aromatic heterocycles. The zero-order chi connectivity index (χ0) is 15.4. The van der Waals surface area contributed by atoms with Crippen LogP contribution in [-0.2, 0) is 11.3 Å². The topological polar surface area (TPSA) is 81.3 Å². The Balaban J connectivity index is 2.17. The highest BCUT2D eigenvalue weighted by Crippen LogP contribution is 2.19. The number of hydrogen-bond acceptors (Lipinski definition) is 4. The molecule has 1 aromatic carbocycles. The van der Waals surface area contributed by atoms with Gasteiger partial charge in [0.1, 0.15) is 12.7 Å². The average molecular weight is 288 g/mol. The smallest absolute Gasteiger partial charge is 0.358 e. The van der Waals surface area contributed by atoms with Crippen LogP contribution >= 0.6 is 0 Å². The number of carbonyl (C=O) groups is 1. The van der Waals surface area contributed by atoms with Crippen LogP contribution in [0.25, 0.3) is 0 Å². The fraction of sp³-hybridized carbons (Fsp3) is 0.286. The molecule has 1 heterocycles. The summed E-state index contributed by atoms with van der Waals surface area (Å²) in [5.41, 5.74) is 1.85. The molecule has 0 bridgehead atoms. The molecule has 0 saturated heterocycles. The SMILES string of the molecule is CCN(C(=O)Cn1cnc([N+](=O)[O-])c1)c1ccccc1C. The molecule has 0 saturated carbocycles. The average Bonchev–Trinajstić information content (AvgIpc) is 2.90. The maximum absolute atomic E-state index is 12.4. The van der Waals surface area contributed by atoms with Gasteiger partial charge in [-0.25, -0.2) is 0 Å². The molecular formula is C14H16N4O3. The van der Waals surface area contributed by atoms with Crippen molar-refractivity contribution in [2.24, 2.45) is 0 Å². The lowest BCUT2D eigenvalue weighted by atomic mass is 10.2. The Morgan fingerprint density at radius 3 is 2.71 bits per heavy atom. The van der Waals surface area contributed by atoms with Crippen molar-refractivity contribution in [3.8, 4) is 0 Å². The number of imidazole rings is 1. The number of nitrogens with zero attached hydrogens (tertiary/aromatic N) is 4. The standard InChI is InChI=1S/C14H16N4O3/c1-3-17(12-7-5-4-6-11(12)2)14(19)9-16-8-13(15-10-16)18(20)21/h4-8,10H,3,9H2,1-2H3. The number of nitro groups is 1. The van der Waals surface area contributed by atoms with Gasteiger partial charge in [0, 0.05) is 12.2 Å². The van der Waals surface area contributed by atoms with Gasteiger partial charge in [-0.05, 0) is 35.4 Å². The molecule has 0 aliphatic heterocycles. The molecule has 0 unspecified atom stereocenters. The van der Waals surface area contributed by atoms with E-state index in [-0.39, 0.29) is 18.3 Å². The summed E-state index contributed by atoms with van der Waals surface area (Å²) in [7, 11) is 0. The lowest BCUT2D eigenvalue weighted by Crippen LogP contribution is -2.33. The number of benzene rings is 1. The minimum atomic E-state index is -0.583. The lowest BCUT2D eigenvalue weighted by Gasteiger charge is -2.22. The van der Waals surface area contributed by atoms with Gasteiger partial charge in [-0.3, -0.25) is 4.79 Å². The van der Waals surface area contributed by atoms with Crippen LogP contribution in [0.4, 0.5) is 11.5 Å². The molecule has 0 aliphatic carbocycles. The first kappa shape index (κ1) is 14.7. The maximum atomic E-state index is 12.4. The lowest BCUT2D eigenvalue weighted by molar-refractivity contribution is -0.389. The first-order chi connectivity index (χ1) is 10.0. The third-order valence-electron chi connectivity index (χ3n) is 3.15. The molecule has 1 amide bonds. The number of amides is 1. The van der Waals surface area contributed by atoms with Crippen LogP contribution < -0.4 is 4.90 Å². The monoisotopic (exact) mass is 288 g/mol. The van der Waals surface area contributed by atoms with Gasteiger partial charge in [-0.2, -0.15) is 0 Å². The quantitative estimate of drug-likeness (QED) is 0.623. The second-order valence-corrected chi connectivity index (χ2v) is 4.59. The molecule has 2 rings (SSSR count). The highest BCUT2D eigenvalue weighted by molar-refractivity contribution is 5.93. The van der Waals surface area contributed by atoms with Gasteiger partial charge in [0.25, 0.3) is 0 Å². The number of carbonyl (C=O) groups excluding carboxylic acids is 1. The third kappa shape index (κ3) is 3.25. The molecular weight excluding hydrogens is 272 g/mol. The molecule has 0 spiro atoms. The molecule has 0 radical (unpaired) electrons. The normalized spacial score (nSPS) is 10.4. The summed E-state index contributed by atoms with van der Waals surface area (Å²) in [6.07, 6.45) is 2.55. The second kappa shape index (κ2) is 6.17. The van der Waals surface area contributed by atoms with E-state index in [4.69, 9.17) is 0 Å². The van der Waals surface area contributed by atoms with E-state index >= 15 is 0 Å². The van der Waals surface area contributed by atoms with Crippen molar-refractivity contribution in [1.82, 2.24) is 9.55 Å². The molecule has 0 atom stereocenters. The van der Waals surface area contributed by atoms with Crippen molar-refractivity contribution in [2.45, 2.75) is 20.4 Å². The summed E-state index contributed by atoms with van der Waals surface area (Å²) in [6.45, 7) is 4.37. The van der Waals surface area contributed by atoms with Crippen LogP contribution in [0.5, 0.6) is 0 Å². The summed E-state index contributed by atoms with van der Waals surface area (Å²) in [4.78, 5) is 27.7. The highest BCUT2D eigenvalue weighted by Gasteiger charge is 2.18. The van der Waals surface area contributed by atoms with Crippen molar-refractivity contribution < 1.29 is 9.72 Å². The van der Waals surface area contributed by atoms with E-state index in [1.807, 2.05) is 38.1 Å². The largest absolute Gasteiger partial charge is 0.381 e. The number of anilines is 1. The van der Waals surface area contributed by atoms with E-state index in [0.717, 1.165) is 11.3 Å². The Morgan fingerprint density at radius 2 is 2.14 bits per heavy atom. The Bertz CT molecular complexity index is 666. The van der Waals surface area contributed by atoms with Gasteiger partial charge >= 0.3 is 5.82 Å². The van der Waals surface area contributed by atoms with Crippen LogP contribution in [0.3, 0.4) is 0 Å². The number of hydrogen-bond donors (Lipinski definition) is 0. The van der Waals surface area contributed by atoms with E-state index in [0.29, 0.717) is 6.54 Å². The minimum Gasteiger partial charge on any atom is -0.358 e. The van der Waals surface area contributed by atoms with E-state index in [9.17, 15) is 14.9 Å². The van der Waals surface area contributed by atoms with Gasteiger partial charge in [0.15, 0.2) is 0 Å². The molecule has 110 valence electrons. The summed E-state index contributed by atoms with van der Waals surface area (Å²) >= 11 is 0. The van der Waals surface area contributed by atoms with Crippen molar-refractivity contribution in [2.75, 3.05) is 11.4 Å². The highest BCUT2D eigenvalue weighted by atomic mass is 16.6. The second-order valence-electron chi connectivity index (χ2n) is 4.59. The Morgan fingerprint density at radius 1 is 1.43 bits per heavy atom. The third-order valence-corrected chi connectivity index (χ3v) is 3.15. The van der Waals surface area contributed by atoms with Gasteiger partial charge in [-0.15, -0.1) is 0 Å². The van der Waals surface area contributed by atoms with Crippen LogP contribution in [0.1, 0.15) is 12.5 Å². The first-order valence-electron chi connectivity index (χ1n) is 6.55. The zero-order valence-corrected chi connectivity index (χ0v) is 11.9. The van der Waals surface area contributed by atoms with E-state index < -0.39 is 4.92 Å². The summed E-state index contributed by atoms with van der Waals surface area (Å²) in [5.74, 6) is -0.402. The molecule has 21 heavy (non-hydrogen) atoms. The number of para-hydroxylation sites is 1. The summed E-state index contributed by atoms with van der Waals surface area (Å²) < 4.78 is 1.42. The van der Waals surface area contributed by atoms with Crippen LogP contribution in [-0.4, -0.2) is 26.9 Å². The molecule has 0 aliphatic rings. The molecule has 7 nitrogen and oxygen atoms in total. The predicted molar refractivity (Wildman–Crippen MR) is 78.1 cm³/mol. The predicted octanol–water partition coefficient (Wildman–Crippen LogP) is 2.15. The van der Waals surface area contributed by atoms with Crippen LogP contribution in [0, 0.1) is 17.0 Å². The fourth-order valence-corrected chi connectivity index (χ4v) is 2.12. The van der Waals surface area contributed by atoms with E-state index in [1.54, 1.807) is 4.90 Å². The maximum Gasteiger partial charge on any atom is 0.381 e. The van der Waals surface area contributed by atoms with Gasteiger partial charge in [-0.1, -0.05) is 18.2 Å². The van der Waals surface area contributed by atoms with Gasteiger partial charge in [0.05, 0.1) is 0 Å². The number of aromatic nitrogens is 2. The van der Waals surface area contributed by atoms with E-state index in [1.165, 1.54) is 17.1 Å². The van der Waals surface area contributed by atoms with Gasteiger partial charge < -0.3 is 19.6 Å². The molecule has 0 N–H and O–H groups in total. The fourth-order valence-electron chi connectivity index (χ4n) is 2.12. The van der Waals surface area contributed by atoms with Crippen molar-refractivity contribution in [3.05, 3.63) is 52.5 Å². The Labute approximate surface area is 122 Å². The number of likely N-dealkylation sites (N-methyl/N-ethyl adjacent to an activating group) is 1. The van der Waals surface area contributed by atoms with Crippen molar-refractivity contribution >= 4 is 17.4 Å². The van der Waals surface area contributed by atoms with Crippen LogP contribution in [0.15, 0.2) is 36.8 Å². The summed E-state index contributed by atoms with van der Waals surface area (Å²) in [5, 5.41) is 10.6. The Hall–Kier alpha value is -2.70. The van der Waals surface area contributed by atoms with E-state index in [2.05, 4.69) is 4.98 Å².